The minimum atomic E-state index is -6.54. The van der Waals surface area contributed by atoms with E-state index in [0.717, 1.165) is 0 Å². The zero-order valence-corrected chi connectivity index (χ0v) is 39.5. The Balaban J connectivity index is 1.98. The molecule has 0 N–H and O–H groups in total. The van der Waals surface area contributed by atoms with Crippen molar-refractivity contribution >= 4 is 70.4 Å². The quantitative estimate of drug-likeness (QED) is 0.115. The first-order chi connectivity index (χ1) is 28.5. The van der Waals surface area contributed by atoms with Crippen LogP contribution in [0, 0.1) is 0 Å². The van der Waals surface area contributed by atoms with E-state index in [9.17, 15) is 92.2 Å². The maximum absolute atomic E-state index is 14.1. The van der Waals surface area contributed by atoms with Crippen LogP contribution in [0.4, 0.5) is 92.2 Å². The van der Waals surface area contributed by atoms with Crippen LogP contribution in [0.2, 0.25) is 42.3 Å². The fourth-order valence-corrected chi connectivity index (χ4v) is 55.5. The molecule has 0 saturated carbocycles. The van der Waals surface area contributed by atoms with Crippen LogP contribution in [0.1, 0.15) is 44.9 Å². The molecular formula is C23H31F21O12Si8. The van der Waals surface area contributed by atoms with E-state index in [2.05, 4.69) is 6.58 Å². The van der Waals surface area contributed by atoms with E-state index in [1.54, 1.807) is 0 Å². The van der Waals surface area contributed by atoms with Gasteiger partial charge in [0.2, 0.25) is 0 Å². The second kappa shape index (κ2) is 17.4. The molecule has 0 radical (unpaired) electrons. The lowest BCUT2D eigenvalue weighted by Crippen LogP contribution is -2.88. The zero-order valence-electron chi connectivity index (χ0n) is 31.5. The average molecular weight is 1120 g/mol. The van der Waals surface area contributed by atoms with Crippen molar-refractivity contribution in [2.45, 2.75) is 130 Å². The van der Waals surface area contributed by atoms with E-state index in [0.29, 0.717) is 0 Å². The Morgan fingerprint density at radius 3 is 0.484 bits per heavy atom. The monoisotopic (exact) mass is 1120 g/mol. The first-order valence-corrected chi connectivity index (χ1v) is 33.3. The molecular weight excluding hydrogens is 1090 g/mol. The summed E-state index contributed by atoms with van der Waals surface area (Å²) in [7, 11) is -51.0. The Labute approximate surface area is 354 Å². The maximum atomic E-state index is 14.1. The van der Waals surface area contributed by atoms with Crippen molar-refractivity contribution in [3.63, 3.8) is 0 Å². The largest absolute Gasteiger partial charge is 0.506 e. The van der Waals surface area contributed by atoms with Gasteiger partial charge in [-0.1, -0.05) is 0 Å². The molecule has 6 aliphatic heterocycles. The normalized spacial score (nSPS) is 37.5. The van der Waals surface area contributed by atoms with Crippen LogP contribution in [-0.4, -0.2) is 114 Å². The number of halogens is 21. The lowest BCUT2D eigenvalue weighted by Gasteiger charge is -2.63. The van der Waals surface area contributed by atoms with Crippen LogP contribution < -0.4 is 0 Å². The molecule has 374 valence electrons. The van der Waals surface area contributed by atoms with E-state index in [1.807, 2.05) is 0 Å². The van der Waals surface area contributed by atoms with Crippen molar-refractivity contribution in [2.75, 3.05) is 0 Å². The predicted molar refractivity (Wildman–Crippen MR) is 178 cm³/mol. The van der Waals surface area contributed by atoms with Gasteiger partial charge in [0.1, 0.15) is 0 Å². The molecule has 0 aromatic carbocycles. The number of rotatable bonds is 15. The summed E-state index contributed by atoms with van der Waals surface area (Å²) in [5.74, 6) is 0. The Hall–Kier alpha value is -0.475. The third-order valence-electron chi connectivity index (χ3n) is 8.94. The van der Waals surface area contributed by atoms with E-state index < -0.39 is 201 Å². The number of alkyl halides is 21. The average Bonchev–Trinajstić information content (AvgIpc) is 3.03. The van der Waals surface area contributed by atoms with Crippen LogP contribution in [0.25, 0.3) is 0 Å². The molecule has 0 amide bonds. The van der Waals surface area contributed by atoms with Gasteiger partial charge in [-0.05, 0) is 5.70 Å². The van der Waals surface area contributed by atoms with Gasteiger partial charge in [-0.15, -0.1) is 6.58 Å². The van der Waals surface area contributed by atoms with Crippen molar-refractivity contribution in [3.8, 4) is 0 Å². The Morgan fingerprint density at radius 2 is 0.375 bits per heavy atom. The molecule has 6 saturated heterocycles. The van der Waals surface area contributed by atoms with Crippen molar-refractivity contribution < 1.29 is 142 Å². The van der Waals surface area contributed by atoms with Crippen LogP contribution in [-0.2, 0) is 49.4 Å². The lowest BCUT2D eigenvalue weighted by molar-refractivity contribution is -0.138. The third-order valence-corrected chi connectivity index (χ3v) is 45.0. The SMILES string of the molecule is C=C[Si]12O[Si]3(CCC(F)(F)F)O[Si]4(CCC(F)(F)F)O[Si](CCC(F)(F)F)(O1)O[Si]1(CCC(F)(F)F)O[Si](CCC(F)(F)F)(O2)O[Si](CCC(F)(F)F)(O3)O[Si](CCC(F)(F)F)(O4)O1. The van der Waals surface area contributed by atoms with Gasteiger partial charge in [-0.3, -0.25) is 0 Å². The second-order valence-electron chi connectivity index (χ2n) is 14.6. The summed E-state index contributed by atoms with van der Waals surface area (Å²) in [6.45, 7) is 3.25. The molecule has 41 heteroatoms. The van der Waals surface area contributed by atoms with Crippen molar-refractivity contribution in [2.24, 2.45) is 0 Å². The maximum Gasteiger partial charge on any atom is 0.506 e. The molecule has 0 spiro atoms. The van der Waals surface area contributed by atoms with Gasteiger partial charge in [0.25, 0.3) is 0 Å². The lowest BCUT2D eigenvalue weighted by atomic mass is 10.5. The molecule has 6 heterocycles. The van der Waals surface area contributed by atoms with Gasteiger partial charge < -0.3 is 49.4 Å². The van der Waals surface area contributed by atoms with E-state index >= 15 is 0 Å². The summed E-state index contributed by atoms with van der Waals surface area (Å²) in [5.41, 5.74) is 0.237. The molecule has 12 nitrogen and oxygen atoms in total. The first kappa shape index (κ1) is 54.5. The minimum absolute atomic E-state index is 0.237. The minimum Gasteiger partial charge on any atom is -0.373 e. The van der Waals surface area contributed by atoms with Crippen molar-refractivity contribution in [1.82, 2.24) is 0 Å². The fraction of sp³-hybridized carbons (Fsp3) is 0.913. The van der Waals surface area contributed by atoms with Crippen molar-refractivity contribution in [1.29, 1.82) is 0 Å². The molecule has 0 unspecified atom stereocenters. The number of hydrogen-bond donors (Lipinski definition) is 0. The Morgan fingerprint density at radius 1 is 0.250 bits per heavy atom. The van der Waals surface area contributed by atoms with Crippen LogP contribution >= 0.6 is 0 Å². The topological polar surface area (TPSA) is 111 Å². The Bertz CT molecular complexity index is 1490. The molecule has 6 fully saturated rings. The second-order valence-corrected chi connectivity index (χ2v) is 39.1. The standard InChI is InChI=1S/C23H31F21O12Si8/c1-2-57-45-58(10-3-17(24,25)26)48-61(13-6-20(33,34)35)50-59(46-57,11-4-18(27,28)29)52-63(15-8-22(39,40)41)53-60(47-57,12-5-19(30,31)32)51-62(49-58,14-7-21(36,37)38)55-64(54-61,56-63)16-9-23(42,43)44/h2H,1,3-16H2. The smallest absolute Gasteiger partial charge is 0.373 e. The molecule has 64 heavy (non-hydrogen) atoms. The highest BCUT2D eigenvalue weighted by atomic mass is 28.6. The highest BCUT2D eigenvalue weighted by Gasteiger charge is 2.83. The third kappa shape index (κ3) is 14.8. The van der Waals surface area contributed by atoms with E-state index in [4.69, 9.17) is 49.4 Å². The van der Waals surface area contributed by atoms with Crippen LogP contribution in [0.5, 0.6) is 0 Å². The highest BCUT2D eigenvalue weighted by Crippen LogP contribution is 2.56. The number of hydrogen-bond acceptors (Lipinski definition) is 12. The van der Waals surface area contributed by atoms with E-state index in [-0.39, 0.29) is 5.70 Å². The van der Waals surface area contributed by atoms with E-state index in [1.165, 1.54) is 0 Å². The van der Waals surface area contributed by atoms with Crippen LogP contribution in [0.15, 0.2) is 12.3 Å². The highest BCUT2D eigenvalue weighted by molar-refractivity contribution is 7.04. The molecule has 8 bridgehead atoms. The van der Waals surface area contributed by atoms with Gasteiger partial charge in [0.15, 0.2) is 0 Å². The molecule has 0 aromatic rings. The first-order valence-electron chi connectivity index (χ1n) is 18.0. The van der Waals surface area contributed by atoms with Gasteiger partial charge >= 0.3 is 114 Å². The molecule has 6 rings (SSSR count). The molecule has 0 atom stereocenters. The zero-order chi connectivity index (χ0) is 48.6. The summed E-state index contributed by atoms with van der Waals surface area (Å²) in [6.07, 6.45) is -54.4. The Kier molecular flexibility index (Phi) is 14.8. The van der Waals surface area contributed by atoms with Crippen molar-refractivity contribution in [3.05, 3.63) is 12.3 Å². The summed E-state index contributed by atoms with van der Waals surface area (Å²) in [4.78, 5) is 0. The van der Waals surface area contributed by atoms with Crippen LogP contribution in [0.3, 0.4) is 0 Å². The van der Waals surface area contributed by atoms with Gasteiger partial charge in [-0.2, -0.15) is 92.2 Å². The van der Waals surface area contributed by atoms with Gasteiger partial charge in [-0.25, -0.2) is 0 Å². The summed E-state index contributed by atoms with van der Waals surface area (Å²) >= 11 is 0. The van der Waals surface area contributed by atoms with Gasteiger partial charge in [0, 0.05) is 87.3 Å². The predicted octanol–water partition coefficient (Wildman–Crippen LogP) is 10.2. The molecule has 6 aliphatic rings. The fourth-order valence-electron chi connectivity index (χ4n) is 6.54. The summed E-state index contributed by atoms with van der Waals surface area (Å²) in [5, 5.41) is 0. The molecule has 0 aromatic heterocycles. The summed E-state index contributed by atoms with van der Waals surface area (Å²) < 4.78 is 366. The van der Waals surface area contributed by atoms with Gasteiger partial charge in [0.05, 0.1) is 0 Å². The molecule has 0 aliphatic carbocycles. The summed E-state index contributed by atoms with van der Waals surface area (Å²) in [6, 6.07) is -13.6.